The van der Waals surface area contributed by atoms with Crippen LogP contribution in [0.4, 0.5) is 0 Å². The third-order valence-corrected chi connectivity index (χ3v) is 4.79. The van der Waals surface area contributed by atoms with E-state index in [2.05, 4.69) is 5.10 Å². The average Bonchev–Trinajstić information content (AvgIpc) is 2.95. The van der Waals surface area contributed by atoms with Gasteiger partial charge in [-0.3, -0.25) is 9.48 Å². The Morgan fingerprint density at radius 2 is 2.07 bits per heavy atom. The number of aryl methyl sites for hydroxylation is 1. The van der Waals surface area contributed by atoms with Gasteiger partial charge in [-0.15, -0.1) is 0 Å². The summed E-state index contributed by atoms with van der Waals surface area (Å²) < 4.78 is 12.1. The van der Waals surface area contributed by atoms with Gasteiger partial charge in [0.2, 0.25) is 0 Å². The van der Waals surface area contributed by atoms with Crippen LogP contribution in [0.25, 0.3) is 0 Å². The van der Waals surface area contributed by atoms with Gasteiger partial charge in [0.1, 0.15) is 5.75 Å². The van der Waals surface area contributed by atoms with E-state index in [4.69, 9.17) is 32.7 Å². The second kappa shape index (κ2) is 8.19. The summed E-state index contributed by atoms with van der Waals surface area (Å²) in [5.74, 6) is -0.252. The van der Waals surface area contributed by atoms with Gasteiger partial charge in [-0.05, 0) is 25.1 Å². The molecule has 1 amide bonds. The van der Waals surface area contributed by atoms with Crippen LogP contribution in [0.3, 0.4) is 0 Å². The highest BCUT2D eigenvalue weighted by Crippen LogP contribution is 2.28. The van der Waals surface area contributed by atoms with Gasteiger partial charge in [-0.1, -0.05) is 23.2 Å². The monoisotopic (exact) mass is 411 g/mol. The molecule has 0 saturated carbocycles. The van der Waals surface area contributed by atoms with E-state index in [0.29, 0.717) is 34.5 Å². The Bertz CT molecular complexity index is 882. The summed E-state index contributed by atoms with van der Waals surface area (Å²) >= 11 is 11.9. The summed E-state index contributed by atoms with van der Waals surface area (Å²) in [6, 6.07) is 4.81. The molecule has 0 saturated heterocycles. The van der Waals surface area contributed by atoms with Gasteiger partial charge in [0.15, 0.2) is 12.3 Å². The first-order chi connectivity index (χ1) is 12.9. The molecule has 1 aliphatic heterocycles. The summed E-state index contributed by atoms with van der Waals surface area (Å²) in [6.45, 7) is 2.65. The molecule has 144 valence electrons. The first-order valence-corrected chi connectivity index (χ1v) is 9.23. The standard InChI is InChI=1S/C18H19Cl2N3O4/c1-3-26-18(25)17-12-9-23(7-6-14(12)21-22(17)2)16(24)10-27-15-5-4-11(19)8-13(15)20/h4-5,8H,3,6-7,9-10H2,1-2H3. The predicted octanol–water partition coefficient (Wildman–Crippen LogP) is 2.87. The minimum Gasteiger partial charge on any atom is -0.482 e. The average molecular weight is 412 g/mol. The number of hydrogen-bond donors (Lipinski definition) is 0. The number of ether oxygens (including phenoxy) is 2. The van der Waals surface area contributed by atoms with Crippen LogP contribution in [0.2, 0.25) is 10.0 Å². The van der Waals surface area contributed by atoms with Gasteiger partial charge in [-0.25, -0.2) is 4.79 Å². The van der Waals surface area contributed by atoms with E-state index in [-0.39, 0.29) is 25.7 Å². The van der Waals surface area contributed by atoms with Crippen molar-refractivity contribution in [2.24, 2.45) is 7.05 Å². The number of aromatic nitrogens is 2. The van der Waals surface area contributed by atoms with Crippen molar-refractivity contribution in [1.82, 2.24) is 14.7 Å². The maximum atomic E-state index is 12.6. The molecule has 0 radical (unpaired) electrons. The first-order valence-electron chi connectivity index (χ1n) is 8.48. The normalized spacial score (nSPS) is 13.3. The van der Waals surface area contributed by atoms with E-state index >= 15 is 0 Å². The number of esters is 1. The Morgan fingerprint density at radius 3 is 2.78 bits per heavy atom. The maximum absolute atomic E-state index is 12.6. The fourth-order valence-electron chi connectivity index (χ4n) is 2.99. The number of benzene rings is 1. The maximum Gasteiger partial charge on any atom is 0.356 e. The van der Waals surface area contributed by atoms with E-state index in [1.165, 1.54) is 4.68 Å². The molecule has 0 fully saturated rings. The highest BCUT2D eigenvalue weighted by Gasteiger charge is 2.30. The van der Waals surface area contributed by atoms with Gasteiger partial charge in [0.25, 0.3) is 5.91 Å². The molecule has 9 heteroatoms. The molecule has 1 aromatic carbocycles. The Kier molecular flexibility index (Phi) is 5.92. The van der Waals surface area contributed by atoms with E-state index in [0.717, 1.165) is 11.3 Å². The minimum absolute atomic E-state index is 0.161. The number of fused-ring (bicyclic) bond motifs is 1. The highest BCUT2D eigenvalue weighted by atomic mass is 35.5. The van der Waals surface area contributed by atoms with Crippen LogP contribution in [-0.4, -0.2) is 46.3 Å². The first kappa shape index (κ1) is 19.5. The van der Waals surface area contributed by atoms with Crippen molar-refractivity contribution in [3.8, 4) is 5.75 Å². The number of carbonyl (C=O) groups excluding carboxylic acids is 2. The lowest BCUT2D eigenvalue weighted by molar-refractivity contribution is -0.134. The number of hydrogen-bond acceptors (Lipinski definition) is 5. The molecule has 0 aliphatic carbocycles. The number of halogens is 2. The molecule has 0 N–H and O–H groups in total. The summed E-state index contributed by atoms with van der Waals surface area (Å²) in [5, 5.41) is 5.21. The molecule has 1 aliphatic rings. The van der Waals surface area contributed by atoms with E-state index in [1.54, 1.807) is 37.1 Å². The molecule has 0 spiro atoms. The molecule has 0 atom stereocenters. The Balaban J connectivity index is 1.69. The number of rotatable bonds is 5. The lowest BCUT2D eigenvalue weighted by Gasteiger charge is -2.26. The van der Waals surface area contributed by atoms with Crippen molar-refractivity contribution in [1.29, 1.82) is 0 Å². The molecule has 1 aromatic heterocycles. The fourth-order valence-corrected chi connectivity index (χ4v) is 3.45. The number of carbonyl (C=O) groups is 2. The van der Waals surface area contributed by atoms with Gasteiger partial charge >= 0.3 is 5.97 Å². The van der Waals surface area contributed by atoms with Crippen molar-refractivity contribution in [3.63, 3.8) is 0 Å². The third kappa shape index (κ3) is 4.20. The van der Waals surface area contributed by atoms with Crippen LogP contribution in [-0.2, 0) is 29.5 Å². The summed E-state index contributed by atoms with van der Waals surface area (Å²) in [4.78, 5) is 26.4. The molecule has 27 heavy (non-hydrogen) atoms. The summed E-state index contributed by atoms with van der Waals surface area (Å²) in [6.07, 6.45) is 0.565. The van der Waals surface area contributed by atoms with Crippen molar-refractivity contribution >= 4 is 35.1 Å². The van der Waals surface area contributed by atoms with Crippen molar-refractivity contribution < 1.29 is 19.1 Å². The van der Waals surface area contributed by atoms with Crippen LogP contribution in [0.15, 0.2) is 18.2 Å². The third-order valence-electron chi connectivity index (χ3n) is 4.26. The molecule has 2 heterocycles. The Labute approximate surface area is 166 Å². The van der Waals surface area contributed by atoms with Crippen LogP contribution in [0, 0.1) is 0 Å². The zero-order valence-corrected chi connectivity index (χ0v) is 16.5. The second-order valence-corrected chi connectivity index (χ2v) is 6.89. The van der Waals surface area contributed by atoms with Crippen molar-refractivity contribution in [2.75, 3.05) is 19.8 Å². The van der Waals surface area contributed by atoms with E-state index < -0.39 is 5.97 Å². The SMILES string of the molecule is CCOC(=O)c1c2c(nn1C)CCN(C(=O)COc1ccc(Cl)cc1Cl)C2. The van der Waals surface area contributed by atoms with Gasteiger partial charge < -0.3 is 14.4 Å². The van der Waals surface area contributed by atoms with Crippen LogP contribution >= 0.6 is 23.2 Å². The van der Waals surface area contributed by atoms with Gasteiger partial charge in [-0.2, -0.15) is 5.10 Å². The lowest BCUT2D eigenvalue weighted by Crippen LogP contribution is -2.39. The summed E-state index contributed by atoms with van der Waals surface area (Å²) in [7, 11) is 1.70. The molecular weight excluding hydrogens is 393 g/mol. The number of amides is 1. The summed E-state index contributed by atoms with van der Waals surface area (Å²) in [5.41, 5.74) is 1.91. The largest absolute Gasteiger partial charge is 0.482 e. The molecule has 7 nitrogen and oxygen atoms in total. The Morgan fingerprint density at radius 1 is 1.30 bits per heavy atom. The number of nitrogens with zero attached hydrogens (tertiary/aromatic N) is 3. The van der Waals surface area contributed by atoms with E-state index in [1.807, 2.05) is 0 Å². The quantitative estimate of drug-likeness (QED) is 0.707. The topological polar surface area (TPSA) is 73.7 Å². The van der Waals surface area contributed by atoms with Gasteiger partial charge in [0.05, 0.1) is 23.9 Å². The van der Waals surface area contributed by atoms with Crippen LogP contribution in [0.5, 0.6) is 5.75 Å². The van der Waals surface area contributed by atoms with Crippen LogP contribution < -0.4 is 4.74 Å². The second-order valence-electron chi connectivity index (χ2n) is 6.05. The van der Waals surface area contributed by atoms with Crippen molar-refractivity contribution in [2.45, 2.75) is 19.9 Å². The highest BCUT2D eigenvalue weighted by molar-refractivity contribution is 6.35. The lowest BCUT2D eigenvalue weighted by atomic mass is 10.1. The van der Waals surface area contributed by atoms with Crippen molar-refractivity contribution in [3.05, 3.63) is 45.2 Å². The smallest absolute Gasteiger partial charge is 0.356 e. The minimum atomic E-state index is -0.438. The molecule has 0 unspecified atom stereocenters. The molecule has 0 bridgehead atoms. The van der Waals surface area contributed by atoms with E-state index in [9.17, 15) is 9.59 Å². The van der Waals surface area contributed by atoms with Crippen LogP contribution in [0.1, 0.15) is 28.7 Å². The zero-order valence-electron chi connectivity index (χ0n) is 15.0. The van der Waals surface area contributed by atoms with Gasteiger partial charge in [0, 0.05) is 30.6 Å². The molecule has 3 rings (SSSR count). The fraction of sp³-hybridized carbons (Fsp3) is 0.389. The zero-order chi connectivity index (χ0) is 19.6. The molecular formula is C18H19Cl2N3O4. The predicted molar refractivity (Wildman–Crippen MR) is 100 cm³/mol. The Hall–Kier alpha value is -2.25. The molecule has 2 aromatic rings.